The first-order chi connectivity index (χ1) is 5.83. The molecule has 0 radical (unpaired) electrons. The maximum atomic E-state index is 5.69. The number of hydrogen-bond donors (Lipinski definition) is 0. The summed E-state index contributed by atoms with van der Waals surface area (Å²) in [6.07, 6.45) is 3.86. The predicted octanol–water partition coefficient (Wildman–Crippen LogP) is 4.08. The van der Waals surface area contributed by atoms with Crippen molar-refractivity contribution in [3.63, 3.8) is 0 Å². The molecule has 68 valence electrons. The zero-order valence-corrected chi connectivity index (χ0v) is 9.44. The molecular weight excluding hydrogens is 210 g/mol. The van der Waals surface area contributed by atoms with Crippen LogP contribution in [0.25, 0.3) is 0 Å². The van der Waals surface area contributed by atoms with Crippen LogP contribution in [0.5, 0.6) is 0 Å². The number of rotatable bonds is 5. The summed E-state index contributed by atoms with van der Waals surface area (Å²) in [5.74, 6) is 1.16. The van der Waals surface area contributed by atoms with Crippen molar-refractivity contribution in [1.82, 2.24) is 4.98 Å². The third kappa shape index (κ3) is 3.78. The number of thioether (sulfide) groups is 1. The summed E-state index contributed by atoms with van der Waals surface area (Å²) < 4.78 is 1.09. The van der Waals surface area contributed by atoms with Crippen molar-refractivity contribution in [2.24, 2.45) is 0 Å². The minimum atomic E-state index is 0.623. The van der Waals surface area contributed by atoms with Gasteiger partial charge in [-0.3, -0.25) is 0 Å². The van der Waals surface area contributed by atoms with E-state index in [2.05, 4.69) is 11.9 Å². The lowest BCUT2D eigenvalue weighted by Crippen LogP contribution is -1.78. The van der Waals surface area contributed by atoms with E-state index in [0.717, 1.165) is 10.1 Å². The fraction of sp³-hybridized carbons (Fsp3) is 0.625. The fourth-order valence-corrected chi connectivity index (χ4v) is 2.89. The van der Waals surface area contributed by atoms with Gasteiger partial charge in [-0.2, -0.15) is 0 Å². The number of nitrogens with zero attached hydrogens (tertiary/aromatic N) is 1. The van der Waals surface area contributed by atoms with Gasteiger partial charge in [-0.05, 0) is 6.42 Å². The smallest absolute Gasteiger partial charge is 0.151 e. The van der Waals surface area contributed by atoms with E-state index in [4.69, 9.17) is 11.6 Å². The highest BCUT2D eigenvalue weighted by Crippen LogP contribution is 2.25. The predicted molar refractivity (Wildman–Crippen MR) is 57.4 cm³/mol. The van der Waals surface area contributed by atoms with Crippen LogP contribution >= 0.6 is 34.7 Å². The lowest BCUT2D eigenvalue weighted by molar-refractivity contribution is 0.778. The number of thiazole rings is 1. The Balaban J connectivity index is 2.15. The second-order valence-electron chi connectivity index (χ2n) is 2.49. The van der Waals surface area contributed by atoms with Crippen molar-refractivity contribution in [2.75, 3.05) is 5.75 Å². The Bertz CT molecular complexity index is 225. The molecule has 0 aliphatic rings. The SMILES string of the molecule is CCCCCSc1nc(Cl)cs1. The first-order valence-corrected chi connectivity index (χ1v) is 6.31. The average Bonchev–Trinajstić information content (AvgIpc) is 2.45. The summed E-state index contributed by atoms with van der Waals surface area (Å²) in [6, 6.07) is 0. The summed E-state index contributed by atoms with van der Waals surface area (Å²) >= 11 is 9.12. The van der Waals surface area contributed by atoms with Crippen molar-refractivity contribution < 1.29 is 0 Å². The molecule has 0 aliphatic carbocycles. The van der Waals surface area contributed by atoms with Gasteiger partial charge in [0, 0.05) is 11.1 Å². The maximum Gasteiger partial charge on any atom is 0.151 e. The van der Waals surface area contributed by atoms with Crippen LogP contribution in [0.2, 0.25) is 5.15 Å². The molecule has 1 rings (SSSR count). The molecule has 0 saturated heterocycles. The van der Waals surface area contributed by atoms with Crippen molar-refractivity contribution >= 4 is 34.7 Å². The molecule has 0 atom stereocenters. The van der Waals surface area contributed by atoms with E-state index < -0.39 is 0 Å². The van der Waals surface area contributed by atoms with Gasteiger partial charge in [0.15, 0.2) is 4.34 Å². The molecule has 0 aromatic carbocycles. The van der Waals surface area contributed by atoms with Crippen LogP contribution in [-0.4, -0.2) is 10.7 Å². The normalized spacial score (nSPS) is 10.5. The van der Waals surface area contributed by atoms with Crippen molar-refractivity contribution in [2.45, 2.75) is 30.5 Å². The van der Waals surface area contributed by atoms with Gasteiger partial charge in [0.25, 0.3) is 0 Å². The Morgan fingerprint density at radius 1 is 1.58 bits per heavy atom. The van der Waals surface area contributed by atoms with Gasteiger partial charge >= 0.3 is 0 Å². The quantitative estimate of drug-likeness (QED) is 0.549. The van der Waals surface area contributed by atoms with E-state index in [1.165, 1.54) is 19.3 Å². The first-order valence-electron chi connectivity index (χ1n) is 4.06. The molecule has 12 heavy (non-hydrogen) atoms. The topological polar surface area (TPSA) is 12.9 Å². The largest absolute Gasteiger partial charge is 0.218 e. The van der Waals surface area contributed by atoms with Crippen LogP contribution in [0.3, 0.4) is 0 Å². The fourth-order valence-electron chi connectivity index (χ4n) is 0.817. The molecule has 1 aromatic rings. The van der Waals surface area contributed by atoms with Crippen LogP contribution in [0, 0.1) is 0 Å². The third-order valence-corrected chi connectivity index (χ3v) is 3.86. The third-order valence-electron chi connectivity index (χ3n) is 1.43. The van der Waals surface area contributed by atoms with Crippen LogP contribution in [0.1, 0.15) is 26.2 Å². The van der Waals surface area contributed by atoms with Crippen molar-refractivity contribution in [3.8, 4) is 0 Å². The molecule has 1 heterocycles. The Hall–Kier alpha value is 0.270. The average molecular weight is 222 g/mol. The van der Waals surface area contributed by atoms with E-state index in [9.17, 15) is 0 Å². The number of hydrogen-bond acceptors (Lipinski definition) is 3. The Kier molecular flexibility index (Phi) is 5.04. The van der Waals surface area contributed by atoms with E-state index in [1.54, 1.807) is 23.1 Å². The number of unbranched alkanes of at least 4 members (excludes halogenated alkanes) is 2. The molecule has 0 N–H and O–H groups in total. The second kappa shape index (κ2) is 5.84. The zero-order chi connectivity index (χ0) is 8.81. The van der Waals surface area contributed by atoms with Gasteiger partial charge < -0.3 is 0 Å². The van der Waals surface area contributed by atoms with Gasteiger partial charge in [-0.15, -0.1) is 11.3 Å². The minimum absolute atomic E-state index is 0.623. The zero-order valence-electron chi connectivity index (χ0n) is 7.05. The Morgan fingerprint density at radius 2 is 2.42 bits per heavy atom. The highest BCUT2D eigenvalue weighted by atomic mass is 35.5. The monoisotopic (exact) mass is 221 g/mol. The second-order valence-corrected chi connectivity index (χ2v) is 5.08. The van der Waals surface area contributed by atoms with Crippen LogP contribution in [0.15, 0.2) is 9.72 Å². The minimum Gasteiger partial charge on any atom is -0.218 e. The molecule has 0 amide bonds. The molecule has 0 bridgehead atoms. The van der Waals surface area contributed by atoms with Crippen LogP contribution in [-0.2, 0) is 0 Å². The molecule has 0 saturated carbocycles. The highest BCUT2D eigenvalue weighted by molar-refractivity contribution is 8.01. The Labute approximate surface area is 86.5 Å². The summed E-state index contributed by atoms with van der Waals surface area (Å²) in [7, 11) is 0. The number of aromatic nitrogens is 1. The van der Waals surface area contributed by atoms with Crippen molar-refractivity contribution in [3.05, 3.63) is 10.5 Å². The summed E-state index contributed by atoms with van der Waals surface area (Å²) in [5.41, 5.74) is 0. The maximum absolute atomic E-state index is 5.69. The lowest BCUT2D eigenvalue weighted by atomic mass is 10.3. The molecule has 0 fully saturated rings. The van der Waals surface area contributed by atoms with E-state index >= 15 is 0 Å². The molecule has 1 nitrogen and oxygen atoms in total. The first kappa shape index (κ1) is 10.4. The Morgan fingerprint density at radius 3 is 3.00 bits per heavy atom. The van der Waals surface area contributed by atoms with Gasteiger partial charge in [0.2, 0.25) is 0 Å². The lowest BCUT2D eigenvalue weighted by Gasteiger charge is -1.94. The van der Waals surface area contributed by atoms with Gasteiger partial charge in [0.1, 0.15) is 5.15 Å². The highest BCUT2D eigenvalue weighted by Gasteiger charge is 1.98. The van der Waals surface area contributed by atoms with E-state index in [-0.39, 0.29) is 0 Å². The molecule has 0 aliphatic heterocycles. The molecular formula is C8H12ClNS2. The molecule has 0 spiro atoms. The van der Waals surface area contributed by atoms with Gasteiger partial charge in [-0.1, -0.05) is 43.1 Å². The van der Waals surface area contributed by atoms with Gasteiger partial charge in [-0.25, -0.2) is 4.98 Å². The standard InChI is InChI=1S/C8H12ClNS2/c1-2-3-4-5-11-8-10-7(9)6-12-8/h6H,2-5H2,1H3. The molecule has 1 aromatic heterocycles. The molecule has 0 unspecified atom stereocenters. The van der Waals surface area contributed by atoms with Crippen molar-refractivity contribution in [1.29, 1.82) is 0 Å². The van der Waals surface area contributed by atoms with E-state index in [0.29, 0.717) is 5.15 Å². The summed E-state index contributed by atoms with van der Waals surface area (Å²) in [4.78, 5) is 4.16. The van der Waals surface area contributed by atoms with Gasteiger partial charge in [0.05, 0.1) is 0 Å². The summed E-state index contributed by atoms with van der Waals surface area (Å²) in [5, 5.41) is 2.50. The number of halogens is 1. The molecule has 4 heteroatoms. The van der Waals surface area contributed by atoms with Crippen LogP contribution in [0.4, 0.5) is 0 Å². The van der Waals surface area contributed by atoms with Crippen LogP contribution < -0.4 is 0 Å². The summed E-state index contributed by atoms with van der Waals surface area (Å²) in [6.45, 7) is 2.21. The van der Waals surface area contributed by atoms with E-state index in [1.807, 2.05) is 5.38 Å².